The highest BCUT2D eigenvalue weighted by Crippen LogP contribution is 2.69. The Morgan fingerprint density at radius 3 is 2.37 bits per heavy atom. The number of carbonyl (C=O) groups is 1. The van der Waals surface area contributed by atoms with Crippen molar-refractivity contribution in [2.45, 2.75) is 115 Å². The number of hydrogen-bond donors (Lipinski definition) is 5. The summed E-state index contributed by atoms with van der Waals surface area (Å²) in [4.78, 5) is 13.3. The molecular formula is C28H44O7. The molecule has 35 heavy (non-hydrogen) atoms. The molecule has 198 valence electrons. The van der Waals surface area contributed by atoms with Crippen LogP contribution in [0.3, 0.4) is 0 Å². The summed E-state index contributed by atoms with van der Waals surface area (Å²) in [6, 6.07) is 0. The van der Waals surface area contributed by atoms with E-state index in [-0.39, 0.29) is 36.8 Å². The minimum atomic E-state index is -1.34. The Bertz CT molecular complexity index is 928. The highest BCUT2D eigenvalue weighted by molar-refractivity contribution is 5.95. The van der Waals surface area contributed by atoms with Gasteiger partial charge < -0.3 is 30.3 Å². The molecule has 5 N–H and O–H groups in total. The van der Waals surface area contributed by atoms with Crippen molar-refractivity contribution in [1.82, 2.24) is 0 Å². The third-order valence-electron chi connectivity index (χ3n) is 11.4. The molecule has 5 aliphatic rings. The van der Waals surface area contributed by atoms with E-state index in [2.05, 4.69) is 20.8 Å². The molecule has 1 heterocycles. The second-order valence-corrected chi connectivity index (χ2v) is 13.6. The van der Waals surface area contributed by atoms with Gasteiger partial charge in [-0.05, 0) is 73.8 Å². The van der Waals surface area contributed by atoms with Gasteiger partial charge in [-0.1, -0.05) is 34.6 Å². The Kier molecular flexibility index (Phi) is 5.78. The van der Waals surface area contributed by atoms with Crippen LogP contribution in [0.25, 0.3) is 0 Å². The number of hydrogen-bond acceptors (Lipinski definition) is 7. The van der Waals surface area contributed by atoms with Crippen molar-refractivity contribution in [3.63, 3.8) is 0 Å². The van der Waals surface area contributed by atoms with Crippen LogP contribution in [-0.4, -0.2) is 73.0 Å². The monoisotopic (exact) mass is 492 g/mol. The number of epoxide rings is 1. The molecule has 0 amide bonds. The molecule has 0 spiro atoms. The van der Waals surface area contributed by atoms with Gasteiger partial charge in [0.25, 0.3) is 0 Å². The first-order chi connectivity index (χ1) is 16.1. The Hall–Kier alpha value is -0.830. The lowest BCUT2D eigenvalue weighted by atomic mass is 9.45. The van der Waals surface area contributed by atoms with E-state index in [9.17, 15) is 30.3 Å². The minimum absolute atomic E-state index is 0.0335. The van der Waals surface area contributed by atoms with Crippen molar-refractivity contribution in [3.8, 4) is 0 Å². The summed E-state index contributed by atoms with van der Waals surface area (Å²) in [5, 5.41) is 56.5. The predicted molar refractivity (Wildman–Crippen MR) is 129 cm³/mol. The van der Waals surface area contributed by atoms with Gasteiger partial charge in [0.2, 0.25) is 0 Å². The summed E-state index contributed by atoms with van der Waals surface area (Å²) in [6.07, 6.45) is 0.00461. The van der Waals surface area contributed by atoms with Gasteiger partial charge in [-0.15, -0.1) is 0 Å². The van der Waals surface area contributed by atoms with Gasteiger partial charge >= 0.3 is 0 Å². The van der Waals surface area contributed by atoms with Crippen LogP contribution in [-0.2, 0) is 9.53 Å². The molecule has 7 heteroatoms. The third kappa shape index (κ3) is 3.34. The molecular weight excluding hydrogens is 448 g/mol. The van der Waals surface area contributed by atoms with Crippen molar-refractivity contribution < 1.29 is 35.1 Å². The molecule has 7 nitrogen and oxygen atoms in total. The number of fused-ring (bicyclic) bond motifs is 5. The lowest BCUT2D eigenvalue weighted by molar-refractivity contribution is -0.185. The average molecular weight is 493 g/mol. The molecule has 5 rings (SSSR count). The number of aliphatic hydroxyl groups is 5. The zero-order chi connectivity index (χ0) is 25.9. The second-order valence-electron chi connectivity index (χ2n) is 13.6. The van der Waals surface area contributed by atoms with Gasteiger partial charge in [0.1, 0.15) is 6.10 Å². The number of ketones is 1. The quantitative estimate of drug-likeness (QED) is 0.379. The Morgan fingerprint density at radius 1 is 1.09 bits per heavy atom. The van der Waals surface area contributed by atoms with Crippen LogP contribution in [0, 0.1) is 40.4 Å². The van der Waals surface area contributed by atoms with E-state index in [0.717, 1.165) is 0 Å². The summed E-state index contributed by atoms with van der Waals surface area (Å²) in [5.74, 6) is -0.739. The smallest absolute Gasteiger partial charge is 0.159 e. The van der Waals surface area contributed by atoms with Crippen molar-refractivity contribution >= 4 is 5.78 Å². The molecule has 0 bridgehead atoms. The van der Waals surface area contributed by atoms with E-state index in [1.165, 1.54) is 6.08 Å². The van der Waals surface area contributed by atoms with Crippen LogP contribution in [0.15, 0.2) is 11.6 Å². The van der Waals surface area contributed by atoms with Gasteiger partial charge in [-0.3, -0.25) is 4.79 Å². The molecule has 13 atom stereocenters. The Morgan fingerprint density at radius 2 is 1.74 bits per heavy atom. The van der Waals surface area contributed by atoms with E-state index in [1.54, 1.807) is 0 Å². The van der Waals surface area contributed by atoms with Crippen LogP contribution in [0.2, 0.25) is 0 Å². The van der Waals surface area contributed by atoms with Crippen LogP contribution >= 0.6 is 0 Å². The first kappa shape index (κ1) is 25.8. The summed E-state index contributed by atoms with van der Waals surface area (Å²) in [5.41, 5.74) is -3.57. The standard InChI is InChI=1S/C28H44O7/c1-13(2)14(3)23-24(35-23)27(6,33)21-7-8-28(34)16-10-17(29)15-9-18(30)19(31)11-25(15,4)22(16)20(32)12-26(21,28)5/h10,13-15,18-24,30-34H,7-9,11-12H2,1-6H3/t14?,15-,18+,19-,20+,21-,22+,23+,24+,25-,26+,27+,28+/m0/s1. The van der Waals surface area contributed by atoms with Gasteiger partial charge in [-0.25, -0.2) is 0 Å². The van der Waals surface area contributed by atoms with E-state index >= 15 is 0 Å². The number of carbonyl (C=O) groups excluding carboxylic acids is 1. The number of rotatable bonds is 4. The molecule has 1 unspecified atom stereocenters. The summed E-state index contributed by atoms with van der Waals surface area (Å²) >= 11 is 0. The van der Waals surface area contributed by atoms with E-state index in [0.29, 0.717) is 36.7 Å². The Labute approximate surface area is 208 Å². The van der Waals surface area contributed by atoms with Crippen LogP contribution < -0.4 is 0 Å². The normalized spacial score (nSPS) is 53.8. The molecule has 4 aliphatic carbocycles. The topological polar surface area (TPSA) is 131 Å². The fourth-order valence-corrected chi connectivity index (χ4v) is 9.00. The largest absolute Gasteiger partial charge is 0.392 e. The highest BCUT2D eigenvalue weighted by Gasteiger charge is 2.72. The molecule has 1 saturated heterocycles. The maximum atomic E-state index is 13.3. The van der Waals surface area contributed by atoms with Crippen molar-refractivity contribution in [3.05, 3.63) is 11.6 Å². The fraction of sp³-hybridized carbons (Fsp3) is 0.893. The predicted octanol–water partition coefficient (Wildman–Crippen LogP) is 1.97. The van der Waals surface area contributed by atoms with Crippen molar-refractivity contribution in [1.29, 1.82) is 0 Å². The first-order valence-corrected chi connectivity index (χ1v) is 13.5. The van der Waals surface area contributed by atoms with Gasteiger partial charge in [-0.2, -0.15) is 0 Å². The minimum Gasteiger partial charge on any atom is -0.392 e. The molecule has 4 fully saturated rings. The van der Waals surface area contributed by atoms with Crippen LogP contribution in [0.1, 0.15) is 73.6 Å². The van der Waals surface area contributed by atoms with Crippen LogP contribution in [0.5, 0.6) is 0 Å². The number of aliphatic hydroxyl groups excluding tert-OH is 3. The van der Waals surface area contributed by atoms with Crippen LogP contribution in [0.4, 0.5) is 0 Å². The highest BCUT2D eigenvalue weighted by atomic mass is 16.6. The van der Waals surface area contributed by atoms with E-state index in [4.69, 9.17) is 4.74 Å². The molecule has 0 aromatic carbocycles. The summed E-state index contributed by atoms with van der Waals surface area (Å²) < 4.78 is 6.02. The molecule has 0 aromatic rings. The van der Waals surface area contributed by atoms with Gasteiger partial charge in [0.05, 0.1) is 35.6 Å². The zero-order valence-electron chi connectivity index (χ0n) is 21.9. The Balaban J connectivity index is 1.51. The van der Waals surface area contributed by atoms with E-state index in [1.807, 2.05) is 20.8 Å². The number of allylic oxidation sites excluding steroid dienone is 1. The maximum absolute atomic E-state index is 13.3. The lowest BCUT2D eigenvalue weighted by Gasteiger charge is -2.62. The maximum Gasteiger partial charge on any atom is 0.159 e. The molecule has 0 radical (unpaired) electrons. The molecule has 0 aromatic heterocycles. The van der Waals surface area contributed by atoms with Crippen molar-refractivity contribution in [2.24, 2.45) is 40.4 Å². The summed E-state index contributed by atoms with van der Waals surface area (Å²) in [6.45, 7) is 12.1. The fourth-order valence-electron chi connectivity index (χ4n) is 9.00. The SMILES string of the molecule is CC(C)C(C)[C@H]1O[C@H]1[C@](C)(O)[C@H]1CC[C@@]2(O)C3=CC(=O)[C@@H]4C[C@@H](O)[C@@H](O)C[C@]4(C)[C@H]3[C@H](O)C[C@]12C. The molecule has 1 aliphatic heterocycles. The van der Waals surface area contributed by atoms with Gasteiger partial charge in [0.15, 0.2) is 5.78 Å². The summed E-state index contributed by atoms with van der Waals surface area (Å²) in [7, 11) is 0. The van der Waals surface area contributed by atoms with Gasteiger partial charge in [0, 0.05) is 17.3 Å². The van der Waals surface area contributed by atoms with E-state index < -0.39 is 52.2 Å². The number of ether oxygens (including phenoxy) is 1. The lowest BCUT2D eigenvalue weighted by Crippen LogP contribution is -2.66. The first-order valence-electron chi connectivity index (χ1n) is 13.5. The average Bonchev–Trinajstić information content (AvgIpc) is 3.50. The molecule has 3 saturated carbocycles. The third-order valence-corrected chi connectivity index (χ3v) is 11.4. The van der Waals surface area contributed by atoms with Crippen molar-refractivity contribution in [2.75, 3.05) is 0 Å². The zero-order valence-corrected chi connectivity index (χ0v) is 21.9. The second kappa shape index (κ2) is 7.84.